The van der Waals surface area contributed by atoms with E-state index in [-0.39, 0.29) is 17.9 Å². The number of anilines is 1. The number of benzene rings is 2. The largest absolute Gasteiger partial charge is 0.350 e. The summed E-state index contributed by atoms with van der Waals surface area (Å²) in [5, 5.41) is 8.27. The van der Waals surface area contributed by atoms with Crippen LogP contribution in [0.2, 0.25) is 0 Å². The molecule has 0 fully saturated rings. The van der Waals surface area contributed by atoms with Gasteiger partial charge in [-0.1, -0.05) is 48.5 Å². The van der Waals surface area contributed by atoms with Crippen molar-refractivity contribution in [2.75, 3.05) is 5.32 Å². The Morgan fingerprint density at radius 2 is 1.50 bits per heavy atom. The van der Waals surface area contributed by atoms with Gasteiger partial charge in [0, 0.05) is 22.5 Å². The second kappa shape index (κ2) is 7.97. The molecule has 4 nitrogen and oxygen atoms in total. The summed E-state index contributed by atoms with van der Waals surface area (Å²) in [6, 6.07) is 18.7. The molecule has 0 aliphatic rings. The minimum atomic E-state index is -0.231. The highest BCUT2D eigenvalue weighted by Crippen LogP contribution is 2.35. The smallest absolute Gasteiger partial charge is 0.256 e. The fourth-order valence-corrected chi connectivity index (χ4v) is 3.57. The lowest BCUT2D eigenvalue weighted by atomic mass is 10.0. The van der Waals surface area contributed by atoms with Crippen molar-refractivity contribution < 1.29 is 9.59 Å². The first-order chi connectivity index (χ1) is 12.6. The van der Waals surface area contributed by atoms with Gasteiger partial charge in [-0.25, -0.2) is 0 Å². The molecule has 2 N–H and O–H groups in total. The number of thiophene rings is 1. The van der Waals surface area contributed by atoms with Crippen molar-refractivity contribution in [2.24, 2.45) is 0 Å². The van der Waals surface area contributed by atoms with Crippen molar-refractivity contribution in [2.45, 2.75) is 19.9 Å². The third kappa shape index (κ3) is 4.00. The fraction of sp³-hybridized carbons (Fsp3) is 0.143. The highest BCUT2D eigenvalue weighted by atomic mass is 32.1. The molecule has 0 saturated heterocycles. The molecule has 26 heavy (non-hydrogen) atoms. The molecule has 0 aliphatic heterocycles. The minimum Gasteiger partial charge on any atom is -0.350 e. The van der Waals surface area contributed by atoms with Crippen molar-refractivity contribution in [1.29, 1.82) is 0 Å². The van der Waals surface area contributed by atoms with Crippen molar-refractivity contribution >= 4 is 28.2 Å². The zero-order valence-corrected chi connectivity index (χ0v) is 15.5. The van der Waals surface area contributed by atoms with Crippen LogP contribution in [-0.2, 0) is 0 Å². The maximum absolute atomic E-state index is 12.8. The Kier molecular flexibility index (Phi) is 5.49. The van der Waals surface area contributed by atoms with E-state index in [0.29, 0.717) is 16.1 Å². The SMILES string of the molecule is CC(C)NC(=O)c1c(-c2ccccc2)csc1NC(=O)c1ccccc1. The van der Waals surface area contributed by atoms with E-state index >= 15 is 0 Å². The van der Waals surface area contributed by atoms with Gasteiger partial charge < -0.3 is 10.6 Å². The van der Waals surface area contributed by atoms with Crippen molar-refractivity contribution in [3.63, 3.8) is 0 Å². The summed E-state index contributed by atoms with van der Waals surface area (Å²) in [5.41, 5.74) is 2.81. The van der Waals surface area contributed by atoms with Crippen LogP contribution >= 0.6 is 11.3 Å². The molecule has 0 saturated carbocycles. The Balaban J connectivity index is 1.98. The molecule has 2 aromatic carbocycles. The van der Waals surface area contributed by atoms with E-state index in [4.69, 9.17) is 0 Å². The molecule has 3 rings (SSSR count). The molecular formula is C21H20N2O2S. The van der Waals surface area contributed by atoms with Crippen LogP contribution in [-0.4, -0.2) is 17.9 Å². The second-order valence-electron chi connectivity index (χ2n) is 6.17. The normalized spacial score (nSPS) is 10.6. The van der Waals surface area contributed by atoms with Crippen LogP contribution < -0.4 is 10.6 Å². The monoisotopic (exact) mass is 364 g/mol. The number of carbonyl (C=O) groups excluding carboxylic acids is 2. The zero-order valence-electron chi connectivity index (χ0n) is 14.7. The number of hydrogen-bond donors (Lipinski definition) is 2. The van der Waals surface area contributed by atoms with E-state index in [1.807, 2.05) is 67.8 Å². The van der Waals surface area contributed by atoms with E-state index in [2.05, 4.69) is 10.6 Å². The van der Waals surface area contributed by atoms with Gasteiger partial charge in [0.1, 0.15) is 5.00 Å². The first kappa shape index (κ1) is 17.9. The predicted octanol–water partition coefficient (Wildman–Crippen LogP) is 4.81. The van der Waals surface area contributed by atoms with E-state index in [0.717, 1.165) is 11.1 Å². The van der Waals surface area contributed by atoms with Crippen molar-refractivity contribution in [1.82, 2.24) is 5.32 Å². The lowest BCUT2D eigenvalue weighted by Gasteiger charge is -2.12. The van der Waals surface area contributed by atoms with Gasteiger partial charge in [0.25, 0.3) is 11.8 Å². The van der Waals surface area contributed by atoms with Gasteiger partial charge >= 0.3 is 0 Å². The minimum absolute atomic E-state index is 0.00342. The number of rotatable bonds is 5. The maximum atomic E-state index is 12.8. The molecule has 0 radical (unpaired) electrons. The van der Waals surface area contributed by atoms with Crippen LogP contribution in [0.25, 0.3) is 11.1 Å². The van der Waals surface area contributed by atoms with Crippen LogP contribution in [0.3, 0.4) is 0 Å². The summed E-state index contributed by atoms with van der Waals surface area (Å²) in [6.07, 6.45) is 0. The van der Waals surface area contributed by atoms with Crippen LogP contribution in [0.5, 0.6) is 0 Å². The summed E-state index contributed by atoms with van der Waals surface area (Å²) in [5.74, 6) is -0.422. The molecule has 1 aromatic heterocycles. The molecule has 0 bridgehead atoms. The third-order valence-electron chi connectivity index (χ3n) is 3.79. The Hall–Kier alpha value is -2.92. The van der Waals surface area contributed by atoms with Crippen LogP contribution in [0.4, 0.5) is 5.00 Å². The summed E-state index contributed by atoms with van der Waals surface area (Å²) in [6.45, 7) is 3.82. The quantitative estimate of drug-likeness (QED) is 0.683. The molecule has 0 atom stereocenters. The lowest BCUT2D eigenvalue weighted by Crippen LogP contribution is -2.31. The summed E-state index contributed by atoms with van der Waals surface area (Å²) < 4.78 is 0. The molecule has 132 valence electrons. The second-order valence-corrected chi connectivity index (χ2v) is 7.05. The molecule has 0 aliphatic carbocycles. The molecule has 3 aromatic rings. The van der Waals surface area contributed by atoms with Gasteiger partial charge in [-0.2, -0.15) is 0 Å². The number of nitrogens with one attached hydrogen (secondary N) is 2. The Labute approximate surface area is 156 Å². The first-order valence-corrected chi connectivity index (χ1v) is 9.28. The summed E-state index contributed by atoms with van der Waals surface area (Å²) in [7, 11) is 0. The van der Waals surface area contributed by atoms with Crippen LogP contribution in [0, 0.1) is 0 Å². The molecule has 0 unspecified atom stereocenters. The van der Waals surface area contributed by atoms with E-state index < -0.39 is 0 Å². The van der Waals surface area contributed by atoms with E-state index in [9.17, 15) is 9.59 Å². The van der Waals surface area contributed by atoms with Crippen LogP contribution in [0.1, 0.15) is 34.6 Å². The zero-order chi connectivity index (χ0) is 18.5. The number of hydrogen-bond acceptors (Lipinski definition) is 3. The van der Waals surface area contributed by atoms with Gasteiger partial charge in [0.15, 0.2) is 0 Å². The number of amides is 2. The molecular weight excluding hydrogens is 344 g/mol. The summed E-state index contributed by atoms with van der Waals surface area (Å²) in [4.78, 5) is 25.3. The number of carbonyl (C=O) groups is 2. The van der Waals surface area contributed by atoms with E-state index in [1.165, 1.54) is 11.3 Å². The van der Waals surface area contributed by atoms with E-state index in [1.54, 1.807) is 12.1 Å². The summed E-state index contributed by atoms with van der Waals surface area (Å²) >= 11 is 1.36. The molecule has 5 heteroatoms. The molecule has 0 spiro atoms. The molecule has 1 heterocycles. The fourth-order valence-electron chi connectivity index (χ4n) is 2.60. The van der Waals surface area contributed by atoms with Gasteiger partial charge in [-0.15, -0.1) is 11.3 Å². The Morgan fingerprint density at radius 1 is 0.885 bits per heavy atom. The van der Waals surface area contributed by atoms with Gasteiger partial charge in [0.2, 0.25) is 0 Å². The van der Waals surface area contributed by atoms with Crippen molar-refractivity contribution in [3.05, 3.63) is 77.2 Å². The Bertz CT molecular complexity index is 902. The topological polar surface area (TPSA) is 58.2 Å². The Morgan fingerprint density at radius 3 is 2.12 bits per heavy atom. The van der Waals surface area contributed by atoms with Crippen LogP contribution in [0.15, 0.2) is 66.0 Å². The van der Waals surface area contributed by atoms with Gasteiger partial charge in [-0.3, -0.25) is 9.59 Å². The highest BCUT2D eigenvalue weighted by molar-refractivity contribution is 7.15. The molecule has 2 amide bonds. The highest BCUT2D eigenvalue weighted by Gasteiger charge is 2.22. The predicted molar refractivity (Wildman–Crippen MR) is 107 cm³/mol. The average Bonchev–Trinajstić information content (AvgIpc) is 3.06. The lowest BCUT2D eigenvalue weighted by molar-refractivity contribution is 0.0945. The van der Waals surface area contributed by atoms with Crippen molar-refractivity contribution in [3.8, 4) is 11.1 Å². The third-order valence-corrected chi connectivity index (χ3v) is 4.68. The van der Waals surface area contributed by atoms with Gasteiger partial charge in [0.05, 0.1) is 5.56 Å². The maximum Gasteiger partial charge on any atom is 0.256 e. The average molecular weight is 364 g/mol. The first-order valence-electron chi connectivity index (χ1n) is 8.40. The van der Waals surface area contributed by atoms with Gasteiger partial charge in [-0.05, 0) is 31.5 Å². The standard InChI is InChI=1S/C21H20N2O2S/c1-14(2)22-20(25)18-17(15-9-5-3-6-10-15)13-26-21(18)23-19(24)16-11-7-4-8-12-16/h3-14H,1-2H3,(H,22,25)(H,23,24).